The van der Waals surface area contributed by atoms with Gasteiger partial charge in [-0.05, 0) is 50.2 Å². The number of carboxylic acids is 1. The summed E-state index contributed by atoms with van der Waals surface area (Å²) in [6, 6.07) is 8.12. The third-order valence-electron chi connectivity index (χ3n) is 4.57. The van der Waals surface area contributed by atoms with Gasteiger partial charge < -0.3 is 9.84 Å². The van der Waals surface area contributed by atoms with Crippen molar-refractivity contribution in [3.63, 3.8) is 0 Å². The van der Waals surface area contributed by atoms with Crippen LogP contribution in [0.2, 0.25) is 0 Å². The predicted molar refractivity (Wildman–Crippen MR) is 79.1 cm³/mol. The molecular formula is C16H20O3S. The van der Waals surface area contributed by atoms with E-state index in [0.717, 1.165) is 43.8 Å². The van der Waals surface area contributed by atoms with E-state index in [-0.39, 0.29) is 5.41 Å². The minimum Gasteiger partial charge on any atom is -0.480 e. The number of ether oxygens (including phenoxy) is 1. The number of hydrogen-bond acceptors (Lipinski definition) is 3. The fourth-order valence-electron chi connectivity index (χ4n) is 3.49. The van der Waals surface area contributed by atoms with Gasteiger partial charge in [-0.2, -0.15) is 0 Å². The molecule has 0 bridgehead atoms. The summed E-state index contributed by atoms with van der Waals surface area (Å²) in [6.07, 6.45) is 3.57. The zero-order valence-electron chi connectivity index (χ0n) is 11.7. The number of thioether (sulfide) groups is 1. The Hall–Kier alpha value is -1.00. The number of carbonyl (C=O) groups is 1. The van der Waals surface area contributed by atoms with Crippen LogP contribution >= 0.6 is 11.8 Å². The van der Waals surface area contributed by atoms with Gasteiger partial charge in [0.05, 0.1) is 0 Å². The second-order valence-electron chi connectivity index (χ2n) is 6.18. The molecule has 1 aliphatic carbocycles. The van der Waals surface area contributed by atoms with E-state index in [9.17, 15) is 9.90 Å². The maximum atomic E-state index is 11.8. The normalized spacial score (nSPS) is 23.2. The summed E-state index contributed by atoms with van der Waals surface area (Å²) in [5, 5.41) is 9.68. The Kier molecular flexibility index (Phi) is 3.55. The van der Waals surface area contributed by atoms with Crippen LogP contribution in [0.5, 0.6) is 0 Å². The average molecular weight is 292 g/mol. The van der Waals surface area contributed by atoms with Crippen LogP contribution in [-0.4, -0.2) is 29.0 Å². The molecule has 1 aromatic rings. The van der Waals surface area contributed by atoms with E-state index >= 15 is 0 Å². The molecule has 2 aliphatic rings. The number of aryl methyl sites for hydroxylation is 1. The van der Waals surface area contributed by atoms with Crippen LogP contribution in [0.25, 0.3) is 0 Å². The molecule has 0 unspecified atom stereocenters. The van der Waals surface area contributed by atoms with E-state index in [0.29, 0.717) is 0 Å². The van der Waals surface area contributed by atoms with Gasteiger partial charge in [0.15, 0.2) is 0 Å². The summed E-state index contributed by atoms with van der Waals surface area (Å²) in [6.45, 7) is 3.61. The summed E-state index contributed by atoms with van der Waals surface area (Å²) < 4.78 is 4.78. The first-order valence-electron chi connectivity index (χ1n) is 7.11. The Bertz CT molecular complexity index is 512. The van der Waals surface area contributed by atoms with Gasteiger partial charge in [0, 0.05) is 18.1 Å². The molecule has 1 N–H and O–H groups in total. The minimum absolute atomic E-state index is 0.216. The Morgan fingerprint density at radius 1 is 1.30 bits per heavy atom. The first-order valence-corrected chi connectivity index (χ1v) is 7.92. The van der Waals surface area contributed by atoms with Crippen LogP contribution in [0.1, 0.15) is 31.2 Å². The monoisotopic (exact) mass is 292 g/mol. The van der Waals surface area contributed by atoms with Gasteiger partial charge in [0.2, 0.25) is 0 Å². The minimum atomic E-state index is -0.666. The third kappa shape index (κ3) is 2.47. The van der Waals surface area contributed by atoms with Gasteiger partial charge in [-0.25, -0.2) is 0 Å². The molecule has 3 nitrogen and oxygen atoms in total. The van der Waals surface area contributed by atoms with Gasteiger partial charge in [0.1, 0.15) is 4.75 Å². The van der Waals surface area contributed by atoms with Crippen LogP contribution in [0, 0.1) is 12.3 Å². The second-order valence-corrected chi connectivity index (χ2v) is 7.64. The van der Waals surface area contributed by atoms with E-state index in [4.69, 9.17) is 4.74 Å². The lowest BCUT2D eigenvalue weighted by molar-refractivity contribution is -0.150. The molecule has 20 heavy (non-hydrogen) atoms. The maximum Gasteiger partial charge on any atom is 0.320 e. The van der Waals surface area contributed by atoms with E-state index in [1.54, 1.807) is 0 Å². The fraction of sp³-hybridized carbons (Fsp3) is 0.562. The van der Waals surface area contributed by atoms with Crippen molar-refractivity contribution in [1.82, 2.24) is 0 Å². The van der Waals surface area contributed by atoms with Crippen molar-refractivity contribution in [2.45, 2.75) is 42.2 Å². The van der Waals surface area contributed by atoms with Crippen molar-refractivity contribution < 1.29 is 14.6 Å². The molecule has 2 fully saturated rings. The quantitative estimate of drug-likeness (QED) is 0.926. The average Bonchev–Trinajstić information content (AvgIpc) is 2.37. The maximum absolute atomic E-state index is 11.8. The highest BCUT2D eigenvalue weighted by Crippen LogP contribution is 2.61. The Morgan fingerprint density at radius 3 is 2.60 bits per heavy atom. The molecule has 0 atom stereocenters. The van der Waals surface area contributed by atoms with E-state index in [1.807, 2.05) is 25.1 Å². The van der Waals surface area contributed by atoms with E-state index in [1.165, 1.54) is 17.3 Å². The number of carboxylic acid groups (broad SMARTS) is 1. The summed E-state index contributed by atoms with van der Waals surface area (Å²) in [5.41, 5.74) is 1.39. The van der Waals surface area contributed by atoms with Crippen LogP contribution in [0.4, 0.5) is 0 Å². The smallest absolute Gasteiger partial charge is 0.320 e. The largest absolute Gasteiger partial charge is 0.480 e. The van der Waals surface area contributed by atoms with Crippen LogP contribution in [0.15, 0.2) is 29.2 Å². The molecule has 1 spiro atoms. The molecular weight excluding hydrogens is 272 g/mol. The lowest BCUT2D eigenvalue weighted by atomic mass is 9.57. The van der Waals surface area contributed by atoms with Gasteiger partial charge in [0.25, 0.3) is 0 Å². The number of hydrogen-bond donors (Lipinski definition) is 1. The summed E-state index contributed by atoms with van der Waals surface area (Å²) in [4.78, 5) is 12.8. The summed E-state index contributed by atoms with van der Waals surface area (Å²) in [5.74, 6) is -0.666. The highest BCUT2D eigenvalue weighted by Gasteiger charge is 2.59. The highest BCUT2D eigenvalue weighted by atomic mass is 32.2. The molecule has 1 heterocycles. The number of rotatable bonds is 3. The van der Waals surface area contributed by atoms with Crippen molar-refractivity contribution in [2.24, 2.45) is 5.41 Å². The lowest BCUT2D eigenvalue weighted by Gasteiger charge is -2.55. The van der Waals surface area contributed by atoms with Crippen molar-refractivity contribution in [3.8, 4) is 0 Å². The van der Waals surface area contributed by atoms with Crippen molar-refractivity contribution in [2.75, 3.05) is 13.2 Å². The van der Waals surface area contributed by atoms with Crippen molar-refractivity contribution in [3.05, 3.63) is 29.8 Å². The van der Waals surface area contributed by atoms with Crippen LogP contribution in [-0.2, 0) is 9.53 Å². The highest BCUT2D eigenvalue weighted by molar-refractivity contribution is 8.01. The molecule has 3 rings (SSSR count). The first kappa shape index (κ1) is 14.0. The second kappa shape index (κ2) is 5.08. The van der Waals surface area contributed by atoms with Crippen molar-refractivity contribution in [1.29, 1.82) is 0 Å². The molecule has 108 valence electrons. The first-order chi connectivity index (χ1) is 9.54. The molecule has 1 aromatic carbocycles. The lowest BCUT2D eigenvalue weighted by Crippen LogP contribution is -2.56. The molecule has 4 heteroatoms. The molecule has 0 aromatic heterocycles. The predicted octanol–water partition coefficient (Wildman–Crippen LogP) is 3.50. The Labute approximate surface area is 123 Å². The Morgan fingerprint density at radius 2 is 2.00 bits per heavy atom. The molecule has 0 radical (unpaired) electrons. The zero-order valence-corrected chi connectivity index (χ0v) is 12.5. The summed E-state index contributed by atoms with van der Waals surface area (Å²) >= 11 is 1.53. The number of aliphatic carboxylic acids is 1. The summed E-state index contributed by atoms with van der Waals surface area (Å²) in [7, 11) is 0. The third-order valence-corrected chi connectivity index (χ3v) is 5.91. The molecule has 1 saturated heterocycles. The fourth-order valence-corrected chi connectivity index (χ4v) is 5.18. The molecule has 1 aliphatic heterocycles. The van der Waals surface area contributed by atoms with Gasteiger partial charge in [-0.1, -0.05) is 17.7 Å². The van der Waals surface area contributed by atoms with Gasteiger partial charge in [-0.15, -0.1) is 11.8 Å². The topological polar surface area (TPSA) is 46.5 Å². The van der Waals surface area contributed by atoms with Gasteiger partial charge >= 0.3 is 5.97 Å². The SMILES string of the molecule is Cc1cccc(SC2(C(=O)O)CC3(CCOCC3)C2)c1. The zero-order chi connectivity index (χ0) is 14.2. The Balaban J connectivity index is 1.76. The van der Waals surface area contributed by atoms with Crippen molar-refractivity contribution >= 4 is 17.7 Å². The molecule has 0 amide bonds. The van der Waals surface area contributed by atoms with Crippen LogP contribution < -0.4 is 0 Å². The van der Waals surface area contributed by atoms with E-state index in [2.05, 4.69) is 6.07 Å². The molecule has 1 saturated carbocycles. The van der Waals surface area contributed by atoms with Gasteiger partial charge in [-0.3, -0.25) is 4.79 Å². The van der Waals surface area contributed by atoms with E-state index < -0.39 is 10.7 Å². The standard InChI is InChI=1S/C16H20O3S/c1-12-3-2-4-13(9-12)20-16(14(17)18)10-15(11-16)5-7-19-8-6-15/h2-4,9H,5-8,10-11H2,1H3,(H,17,18). The number of benzene rings is 1. The van der Waals surface area contributed by atoms with Crippen LogP contribution in [0.3, 0.4) is 0 Å².